The van der Waals surface area contributed by atoms with Gasteiger partial charge in [0.15, 0.2) is 17.1 Å². The maximum absolute atomic E-state index is 6.30. The number of nitrogens with zero attached hydrogens (tertiary/aromatic N) is 5. The molecule has 0 atom stereocenters. The molecule has 0 spiro atoms. The molecule has 1 aromatic carbocycles. The van der Waals surface area contributed by atoms with E-state index in [1.807, 2.05) is 25.2 Å². The van der Waals surface area contributed by atoms with E-state index in [1.165, 1.54) is 0 Å². The number of aryl methyl sites for hydroxylation is 1. The number of ether oxygens (including phenoxy) is 2. The first-order valence-corrected chi connectivity index (χ1v) is 9.49. The first-order valence-electron chi connectivity index (χ1n) is 9.49. The summed E-state index contributed by atoms with van der Waals surface area (Å²) in [5.41, 5.74) is 8.55. The molecule has 0 unspecified atom stereocenters. The number of aromatic nitrogens is 4. The molecule has 1 saturated heterocycles. The lowest BCUT2D eigenvalue weighted by Crippen LogP contribution is -2.34. The second kappa shape index (κ2) is 7.18. The molecule has 1 aliphatic rings. The fourth-order valence-electron chi connectivity index (χ4n) is 3.65. The lowest BCUT2D eigenvalue weighted by molar-refractivity contribution is 0.355. The molecule has 4 rings (SSSR count). The maximum Gasteiger partial charge on any atom is 0.228 e. The third kappa shape index (κ3) is 3.08. The molecule has 1 fully saturated rings. The van der Waals surface area contributed by atoms with Gasteiger partial charge in [0.05, 0.1) is 25.3 Å². The summed E-state index contributed by atoms with van der Waals surface area (Å²) in [7, 11) is 5.06. The lowest BCUT2D eigenvalue weighted by atomic mass is 9.99. The van der Waals surface area contributed by atoms with E-state index in [0.717, 1.165) is 48.5 Å². The molecule has 148 valence electrons. The van der Waals surface area contributed by atoms with Crippen molar-refractivity contribution < 1.29 is 9.47 Å². The largest absolute Gasteiger partial charge is 0.493 e. The van der Waals surface area contributed by atoms with Gasteiger partial charge in [0.1, 0.15) is 5.82 Å². The fraction of sp³-hybridized carbons (Fsp3) is 0.450. The summed E-state index contributed by atoms with van der Waals surface area (Å²) in [5, 5.41) is 5.26. The zero-order valence-corrected chi connectivity index (χ0v) is 16.8. The Hall–Kier alpha value is -3.03. The van der Waals surface area contributed by atoms with E-state index in [-0.39, 0.29) is 0 Å². The average Bonchev–Trinajstić information content (AvgIpc) is 3.01. The fourth-order valence-corrected chi connectivity index (χ4v) is 3.65. The second-order valence-electron chi connectivity index (χ2n) is 7.32. The van der Waals surface area contributed by atoms with Crippen LogP contribution < -0.4 is 20.1 Å². The van der Waals surface area contributed by atoms with E-state index in [4.69, 9.17) is 25.2 Å². The highest BCUT2D eigenvalue weighted by Crippen LogP contribution is 2.37. The van der Waals surface area contributed by atoms with E-state index in [2.05, 4.69) is 16.9 Å². The number of methoxy groups -OCH3 is 2. The van der Waals surface area contributed by atoms with Crippen molar-refractivity contribution >= 4 is 22.8 Å². The zero-order chi connectivity index (χ0) is 19.8. The van der Waals surface area contributed by atoms with Gasteiger partial charge in [-0.1, -0.05) is 6.92 Å². The van der Waals surface area contributed by atoms with Gasteiger partial charge in [-0.05, 0) is 37.0 Å². The minimum Gasteiger partial charge on any atom is -0.493 e. The van der Waals surface area contributed by atoms with Crippen molar-refractivity contribution in [2.45, 2.75) is 19.8 Å². The number of nitrogens with two attached hydrogens (primary N) is 1. The molecule has 3 heterocycles. The van der Waals surface area contributed by atoms with E-state index < -0.39 is 0 Å². The summed E-state index contributed by atoms with van der Waals surface area (Å²) in [6.45, 7) is 4.18. The van der Waals surface area contributed by atoms with Crippen LogP contribution in [-0.2, 0) is 7.05 Å². The van der Waals surface area contributed by atoms with E-state index in [1.54, 1.807) is 18.9 Å². The van der Waals surface area contributed by atoms with Crippen LogP contribution in [0.1, 0.15) is 19.8 Å². The molecule has 2 N–H and O–H groups in total. The highest BCUT2D eigenvalue weighted by Gasteiger charge is 2.23. The van der Waals surface area contributed by atoms with Crippen molar-refractivity contribution in [3.05, 3.63) is 18.2 Å². The number of anilines is 2. The second-order valence-corrected chi connectivity index (χ2v) is 7.32. The number of piperidine rings is 1. The van der Waals surface area contributed by atoms with Gasteiger partial charge in [0.25, 0.3) is 0 Å². The van der Waals surface area contributed by atoms with Crippen LogP contribution in [0.2, 0.25) is 0 Å². The SMILES string of the molecule is COc1ccc(-c2nc(N3CCC(C)CC3)nc3nn(C)c(N)c23)cc1OC. The monoisotopic (exact) mass is 382 g/mol. The molecule has 0 amide bonds. The van der Waals surface area contributed by atoms with Crippen LogP contribution in [0.15, 0.2) is 18.2 Å². The molecule has 8 heteroatoms. The Balaban J connectivity index is 1.88. The number of fused-ring (bicyclic) bond motifs is 1. The molecular formula is C20H26N6O2. The summed E-state index contributed by atoms with van der Waals surface area (Å²) >= 11 is 0. The van der Waals surface area contributed by atoms with Crippen molar-refractivity contribution in [2.75, 3.05) is 37.9 Å². The molecular weight excluding hydrogens is 356 g/mol. The van der Waals surface area contributed by atoms with Gasteiger partial charge < -0.3 is 20.1 Å². The van der Waals surface area contributed by atoms with Crippen molar-refractivity contribution in [3.8, 4) is 22.8 Å². The highest BCUT2D eigenvalue weighted by molar-refractivity contribution is 5.99. The van der Waals surface area contributed by atoms with Crippen LogP contribution in [-0.4, -0.2) is 47.1 Å². The number of benzene rings is 1. The van der Waals surface area contributed by atoms with Crippen molar-refractivity contribution in [2.24, 2.45) is 13.0 Å². The molecule has 8 nitrogen and oxygen atoms in total. The Morgan fingerprint density at radius 2 is 1.79 bits per heavy atom. The predicted octanol–water partition coefficient (Wildman–Crippen LogP) is 2.87. The Labute approximate surface area is 164 Å². The molecule has 0 saturated carbocycles. The summed E-state index contributed by atoms with van der Waals surface area (Å²) in [6.07, 6.45) is 2.27. The normalized spacial score (nSPS) is 15.2. The third-order valence-corrected chi connectivity index (χ3v) is 5.45. The lowest BCUT2D eigenvalue weighted by Gasteiger charge is -2.30. The molecule has 28 heavy (non-hydrogen) atoms. The van der Waals surface area contributed by atoms with Gasteiger partial charge in [-0.2, -0.15) is 10.1 Å². The molecule has 1 aliphatic heterocycles. The van der Waals surface area contributed by atoms with Gasteiger partial charge in [-0.3, -0.25) is 4.68 Å². The quantitative estimate of drug-likeness (QED) is 0.742. The Morgan fingerprint density at radius 3 is 2.46 bits per heavy atom. The molecule has 0 bridgehead atoms. The van der Waals surface area contributed by atoms with E-state index >= 15 is 0 Å². The number of hydrogen-bond acceptors (Lipinski definition) is 7. The van der Waals surface area contributed by atoms with Crippen LogP contribution in [0.5, 0.6) is 11.5 Å². The Kier molecular flexibility index (Phi) is 4.70. The Morgan fingerprint density at radius 1 is 1.07 bits per heavy atom. The van der Waals surface area contributed by atoms with Gasteiger partial charge in [-0.25, -0.2) is 4.98 Å². The van der Waals surface area contributed by atoms with Crippen LogP contribution in [0.4, 0.5) is 11.8 Å². The van der Waals surface area contributed by atoms with Crippen molar-refractivity contribution in [3.63, 3.8) is 0 Å². The van der Waals surface area contributed by atoms with E-state index in [0.29, 0.717) is 28.9 Å². The summed E-state index contributed by atoms with van der Waals surface area (Å²) in [6, 6.07) is 5.74. The first kappa shape index (κ1) is 18.3. The van der Waals surface area contributed by atoms with Gasteiger partial charge in [0.2, 0.25) is 5.95 Å². The van der Waals surface area contributed by atoms with Gasteiger partial charge in [0, 0.05) is 25.7 Å². The molecule has 0 radical (unpaired) electrons. The van der Waals surface area contributed by atoms with Gasteiger partial charge in [-0.15, -0.1) is 0 Å². The molecule has 3 aromatic rings. The minimum absolute atomic E-state index is 0.540. The number of nitrogen functional groups attached to an aromatic ring is 1. The van der Waals surface area contributed by atoms with Crippen molar-refractivity contribution in [1.29, 1.82) is 0 Å². The van der Waals surface area contributed by atoms with E-state index in [9.17, 15) is 0 Å². The standard InChI is InChI=1S/C20H26N6O2/c1-12-7-9-26(10-8-12)20-22-17(16-18(21)25(2)24-19(16)23-20)13-5-6-14(27-3)15(11-13)28-4/h5-6,11-12H,7-10,21H2,1-4H3. The highest BCUT2D eigenvalue weighted by atomic mass is 16.5. The Bertz CT molecular complexity index is 1010. The summed E-state index contributed by atoms with van der Waals surface area (Å²) in [4.78, 5) is 11.9. The number of rotatable bonds is 4. The van der Waals surface area contributed by atoms with Crippen molar-refractivity contribution in [1.82, 2.24) is 19.7 Å². The zero-order valence-electron chi connectivity index (χ0n) is 16.8. The van der Waals surface area contributed by atoms with Gasteiger partial charge >= 0.3 is 0 Å². The molecule has 2 aromatic heterocycles. The van der Waals surface area contributed by atoms with Crippen LogP contribution in [0, 0.1) is 5.92 Å². The first-order chi connectivity index (χ1) is 13.5. The van der Waals surface area contributed by atoms with Crippen LogP contribution in [0.3, 0.4) is 0 Å². The van der Waals surface area contributed by atoms with Crippen LogP contribution >= 0.6 is 0 Å². The van der Waals surface area contributed by atoms with Crippen LogP contribution in [0.25, 0.3) is 22.3 Å². The predicted molar refractivity (Wildman–Crippen MR) is 110 cm³/mol. The number of hydrogen-bond donors (Lipinski definition) is 1. The third-order valence-electron chi connectivity index (χ3n) is 5.45. The minimum atomic E-state index is 0.540. The smallest absolute Gasteiger partial charge is 0.228 e. The molecule has 0 aliphatic carbocycles. The topological polar surface area (TPSA) is 91.3 Å². The summed E-state index contributed by atoms with van der Waals surface area (Å²) < 4.78 is 12.5. The average molecular weight is 382 g/mol. The maximum atomic E-state index is 6.30. The summed E-state index contributed by atoms with van der Waals surface area (Å²) in [5.74, 6) is 3.28.